The summed E-state index contributed by atoms with van der Waals surface area (Å²) >= 11 is 0.916. The van der Waals surface area contributed by atoms with E-state index in [1.807, 2.05) is 0 Å². The topological polar surface area (TPSA) is 155 Å². The number of esters is 1. The Bertz CT molecular complexity index is 1090. The number of halogens is 1. The number of ether oxygens (including phenoxy) is 1. The second kappa shape index (κ2) is 11.3. The number of aromatic nitrogens is 2. The van der Waals surface area contributed by atoms with E-state index in [1.165, 1.54) is 19.2 Å². The molecule has 2 aromatic rings. The van der Waals surface area contributed by atoms with Gasteiger partial charge in [0.05, 0.1) is 18.5 Å². The van der Waals surface area contributed by atoms with Gasteiger partial charge in [0.2, 0.25) is 0 Å². The minimum atomic E-state index is -4.18. The molecule has 0 saturated carbocycles. The van der Waals surface area contributed by atoms with Gasteiger partial charge < -0.3 is 20.1 Å². The van der Waals surface area contributed by atoms with Crippen LogP contribution >= 0.6 is 19.5 Å². The van der Waals surface area contributed by atoms with Crippen molar-refractivity contribution in [3.05, 3.63) is 53.1 Å². The van der Waals surface area contributed by atoms with Crippen molar-refractivity contribution in [2.45, 2.75) is 42.8 Å². The number of nitrogens with zero attached hydrogens (tertiary/aromatic N) is 2. The molecule has 0 aliphatic carbocycles. The quantitative estimate of drug-likeness (QED) is 0.313. The maximum atomic E-state index is 14.8. The zero-order valence-electron chi connectivity index (χ0n) is 18.4. The van der Waals surface area contributed by atoms with E-state index in [2.05, 4.69) is 10.1 Å². The van der Waals surface area contributed by atoms with Crippen LogP contribution in [0, 0.1) is 0 Å². The third kappa shape index (κ3) is 6.36. The van der Waals surface area contributed by atoms with Gasteiger partial charge in [-0.3, -0.25) is 13.9 Å². The van der Waals surface area contributed by atoms with Crippen LogP contribution in [0.5, 0.6) is 5.75 Å². The zero-order chi connectivity index (χ0) is 24.9. The van der Waals surface area contributed by atoms with Crippen molar-refractivity contribution >= 4 is 31.3 Å². The zero-order valence-corrected chi connectivity index (χ0v) is 20.2. The SMILES string of the molecule is CCOC(=O)[C@H](C)NP(=O)(OC[C@H]1S[C@@H](n2ccc(N)nc2=O)[C@@H](F)[C@@H]1O)Oc1ccccc1. The van der Waals surface area contributed by atoms with E-state index in [9.17, 15) is 23.7 Å². The van der Waals surface area contributed by atoms with Crippen LogP contribution < -0.4 is 21.0 Å². The van der Waals surface area contributed by atoms with Gasteiger partial charge in [0.1, 0.15) is 29.1 Å². The fraction of sp³-hybridized carbons (Fsp3) is 0.450. The largest absolute Gasteiger partial charge is 0.465 e. The first-order valence-electron chi connectivity index (χ1n) is 10.4. The standard InChI is InChI=1S/C20H26FN4O7PS/c1-3-30-19(27)12(2)24-33(29,32-13-7-5-4-6-8-13)31-11-14-17(26)16(21)18(34-14)25-10-9-15(22)23-20(25)28/h4-10,12,14,16-18,26H,3,11H2,1-2H3,(H,24,29)(H2,22,23,28)/t12-,14+,16-,17+,18+,33?/m0/s1. The second-order valence-electron chi connectivity index (χ2n) is 7.34. The first-order chi connectivity index (χ1) is 16.1. The normalized spacial score (nSPS) is 24.8. The molecule has 1 aromatic carbocycles. The van der Waals surface area contributed by atoms with Crippen LogP contribution in [0.1, 0.15) is 19.2 Å². The molecular formula is C20H26FN4O7PS. The predicted octanol–water partition coefficient (Wildman–Crippen LogP) is 1.88. The van der Waals surface area contributed by atoms with Crippen molar-refractivity contribution in [2.75, 3.05) is 18.9 Å². The number of hydrogen-bond donors (Lipinski definition) is 3. The summed E-state index contributed by atoms with van der Waals surface area (Å²) in [6.07, 6.45) is -2.08. The predicted molar refractivity (Wildman–Crippen MR) is 124 cm³/mol. The summed E-state index contributed by atoms with van der Waals surface area (Å²) in [5.41, 5.74) is 4.71. The average Bonchev–Trinajstić information content (AvgIpc) is 3.07. The third-order valence-electron chi connectivity index (χ3n) is 4.79. The highest BCUT2D eigenvalue weighted by molar-refractivity contribution is 8.00. The first-order valence-corrected chi connectivity index (χ1v) is 12.9. The Labute approximate surface area is 199 Å². The molecule has 6 atom stereocenters. The minimum Gasteiger partial charge on any atom is -0.465 e. The Kier molecular flexibility index (Phi) is 8.72. The highest BCUT2D eigenvalue weighted by atomic mass is 32.2. The highest BCUT2D eigenvalue weighted by Gasteiger charge is 2.46. The lowest BCUT2D eigenvalue weighted by atomic mass is 10.1. The Hall–Kier alpha value is -2.44. The number of carbonyl (C=O) groups excluding carboxylic acids is 1. The fourth-order valence-corrected chi connectivity index (χ4v) is 6.16. The van der Waals surface area contributed by atoms with Crippen LogP contribution in [0.2, 0.25) is 0 Å². The van der Waals surface area contributed by atoms with Crippen molar-refractivity contribution in [1.29, 1.82) is 0 Å². The van der Waals surface area contributed by atoms with E-state index in [-0.39, 0.29) is 18.2 Å². The van der Waals surface area contributed by atoms with Crippen LogP contribution in [0.4, 0.5) is 10.2 Å². The molecule has 0 radical (unpaired) electrons. The molecule has 11 nitrogen and oxygen atoms in total. The number of para-hydroxylation sites is 1. The van der Waals surface area contributed by atoms with E-state index in [0.29, 0.717) is 0 Å². The molecule has 3 rings (SSSR count). The number of aliphatic hydroxyl groups excluding tert-OH is 1. The smallest absolute Gasteiger partial charge is 0.459 e. The molecule has 34 heavy (non-hydrogen) atoms. The average molecular weight is 516 g/mol. The molecule has 0 bridgehead atoms. The molecule has 186 valence electrons. The Morgan fingerprint density at radius 1 is 1.38 bits per heavy atom. The van der Waals surface area contributed by atoms with Gasteiger partial charge >= 0.3 is 19.4 Å². The number of rotatable bonds is 10. The molecule has 1 aromatic heterocycles. The van der Waals surface area contributed by atoms with Crippen molar-refractivity contribution < 1.29 is 32.6 Å². The van der Waals surface area contributed by atoms with Crippen LogP contribution in [0.15, 0.2) is 47.4 Å². The number of hydrogen-bond acceptors (Lipinski definition) is 10. The number of nitrogen functional groups attached to an aromatic ring is 1. The molecule has 2 heterocycles. The number of carbonyl (C=O) groups is 1. The molecular weight excluding hydrogens is 490 g/mol. The number of alkyl halides is 1. The molecule has 1 aliphatic heterocycles. The molecule has 1 saturated heterocycles. The summed E-state index contributed by atoms with van der Waals surface area (Å²) in [4.78, 5) is 27.7. The second-order valence-corrected chi connectivity index (χ2v) is 10.4. The summed E-state index contributed by atoms with van der Waals surface area (Å²) < 4.78 is 45.3. The lowest BCUT2D eigenvalue weighted by molar-refractivity contribution is -0.144. The van der Waals surface area contributed by atoms with Gasteiger partial charge in [-0.1, -0.05) is 18.2 Å². The Morgan fingerprint density at radius 2 is 2.09 bits per heavy atom. The number of nitrogens with one attached hydrogen (secondary N) is 1. The monoisotopic (exact) mass is 516 g/mol. The van der Waals surface area contributed by atoms with Gasteiger partial charge in [0.15, 0.2) is 6.17 Å². The summed E-state index contributed by atoms with van der Waals surface area (Å²) in [5.74, 6) is -0.479. The highest BCUT2D eigenvalue weighted by Crippen LogP contribution is 2.48. The fourth-order valence-electron chi connectivity index (χ4n) is 3.12. The van der Waals surface area contributed by atoms with Crippen LogP contribution in [0.25, 0.3) is 0 Å². The van der Waals surface area contributed by atoms with Gasteiger partial charge in [-0.05, 0) is 32.0 Å². The lowest BCUT2D eigenvalue weighted by Crippen LogP contribution is -2.36. The van der Waals surface area contributed by atoms with Crippen LogP contribution in [-0.4, -0.2) is 57.4 Å². The lowest BCUT2D eigenvalue weighted by Gasteiger charge is -2.24. The molecule has 1 aliphatic rings. The van der Waals surface area contributed by atoms with Crippen molar-refractivity contribution in [3.63, 3.8) is 0 Å². The van der Waals surface area contributed by atoms with E-state index in [4.69, 9.17) is 19.5 Å². The number of aliphatic hydroxyl groups is 1. The van der Waals surface area contributed by atoms with Crippen LogP contribution in [-0.2, 0) is 18.6 Å². The van der Waals surface area contributed by atoms with Gasteiger partial charge in [-0.15, -0.1) is 11.8 Å². The van der Waals surface area contributed by atoms with Gasteiger partial charge in [0, 0.05) is 6.20 Å². The molecule has 0 spiro atoms. The molecule has 1 fully saturated rings. The van der Waals surface area contributed by atoms with E-state index < -0.39 is 55.0 Å². The van der Waals surface area contributed by atoms with Crippen LogP contribution in [0.3, 0.4) is 0 Å². The van der Waals surface area contributed by atoms with Gasteiger partial charge in [0.25, 0.3) is 0 Å². The van der Waals surface area contributed by atoms with Crippen molar-refractivity contribution in [1.82, 2.24) is 14.6 Å². The molecule has 1 unspecified atom stereocenters. The van der Waals surface area contributed by atoms with Gasteiger partial charge in [-0.25, -0.2) is 13.8 Å². The minimum absolute atomic E-state index is 0.0131. The molecule has 4 N–H and O–H groups in total. The summed E-state index contributed by atoms with van der Waals surface area (Å²) in [7, 11) is -4.18. The van der Waals surface area contributed by atoms with Crippen molar-refractivity contribution in [3.8, 4) is 5.75 Å². The molecule has 0 amide bonds. The third-order valence-corrected chi connectivity index (χ3v) is 7.96. The van der Waals surface area contributed by atoms with Gasteiger partial charge in [-0.2, -0.15) is 10.1 Å². The maximum Gasteiger partial charge on any atom is 0.459 e. The Morgan fingerprint density at radius 3 is 2.74 bits per heavy atom. The number of benzene rings is 1. The number of nitrogens with two attached hydrogens (primary N) is 1. The van der Waals surface area contributed by atoms with E-state index in [0.717, 1.165) is 16.3 Å². The number of anilines is 1. The summed E-state index contributed by atoms with van der Waals surface area (Å²) in [5, 5.41) is 10.9. The number of thioether (sulfide) groups is 1. The summed E-state index contributed by atoms with van der Waals surface area (Å²) in [6, 6.07) is 8.42. The van der Waals surface area contributed by atoms with E-state index in [1.54, 1.807) is 37.3 Å². The maximum absolute atomic E-state index is 14.8. The summed E-state index contributed by atoms with van der Waals surface area (Å²) in [6.45, 7) is 2.77. The van der Waals surface area contributed by atoms with Crippen molar-refractivity contribution in [2.24, 2.45) is 0 Å². The Balaban J connectivity index is 1.75. The first kappa shape index (κ1) is 26.2. The molecule has 14 heteroatoms. The van der Waals surface area contributed by atoms with E-state index >= 15 is 0 Å².